The van der Waals surface area contributed by atoms with Crippen molar-refractivity contribution in [2.45, 2.75) is 19.9 Å². The number of imidazole rings is 1. The van der Waals surface area contributed by atoms with E-state index in [0.717, 1.165) is 0 Å². The Balaban J connectivity index is 2.96. The Bertz CT molecular complexity index is 427. The summed E-state index contributed by atoms with van der Waals surface area (Å²) in [6, 6.07) is -0.638. The van der Waals surface area contributed by atoms with Crippen molar-refractivity contribution in [1.29, 1.82) is 0 Å². The van der Waals surface area contributed by atoms with Gasteiger partial charge in [-0.3, -0.25) is 0 Å². The van der Waals surface area contributed by atoms with E-state index >= 15 is 0 Å². The highest BCUT2D eigenvalue weighted by Gasteiger charge is 2.23. The third kappa shape index (κ3) is 2.55. The maximum Gasteiger partial charge on any atom is 0.360 e. The number of carbonyl (C=O) groups is 2. The van der Waals surface area contributed by atoms with Gasteiger partial charge in [0.15, 0.2) is 5.69 Å². The smallest absolute Gasteiger partial charge is 0.360 e. The van der Waals surface area contributed by atoms with Gasteiger partial charge in [0.2, 0.25) is 0 Å². The summed E-state index contributed by atoms with van der Waals surface area (Å²) >= 11 is 0. The van der Waals surface area contributed by atoms with E-state index in [9.17, 15) is 9.59 Å². The number of rotatable bonds is 4. The standard InChI is InChI=1S/C10H15N3O4/c1-4-17-9(14)6(2)13-5-12-7(8(13)11)10(15)16-3/h5-6H,4,11H2,1-3H3. The number of anilines is 1. The Morgan fingerprint density at radius 2 is 2.24 bits per heavy atom. The fourth-order valence-electron chi connectivity index (χ4n) is 1.31. The Labute approximate surface area is 98.5 Å². The van der Waals surface area contributed by atoms with E-state index < -0.39 is 18.0 Å². The SMILES string of the molecule is CCOC(=O)C(C)n1cnc(C(=O)OC)c1N. The van der Waals surface area contributed by atoms with Crippen molar-refractivity contribution in [3.05, 3.63) is 12.0 Å². The van der Waals surface area contributed by atoms with Gasteiger partial charge in [0.05, 0.1) is 20.0 Å². The number of ether oxygens (including phenoxy) is 2. The summed E-state index contributed by atoms with van der Waals surface area (Å²) in [6.07, 6.45) is 1.31. The first-order chi connectivity index (χ1) is 8.02. The third-order valence-electron chi connectivity index (χ3n) is 2.26. The summed E-state index contributed by atoms with van der Waals surface area (Å²) in [5, 5.41) is 0. The van der Waals surface area contributed by atoms with Gasteiger partial charge in [0.25, 0.3) is 0 Å². The van der Waals surface area contributed by atoms with Crippen molar-refractivity contribution in [2.24, 2.45) is 0 Å². The van der Waals surface area contributed by atoms with Crippen LogP contribution in [0.3, 0.4) is 0 Å². The molecule has 1 aromatic rings. The van der Waals surface area contributed by atoms with Gasteiger partial charge in [-0.2, -0.15) is 0 Å². The largest absolute Gasteiger partial charge is 0.464 e. The van der Waals surface area contributed by atoms with Gasteiger partial charge < -0.3 is 19.8 Å². The number of nitrogens with zero attached hydrogens (tertiary/aromatic N) is 2. The molecule has 0 amide bonds. The molecular formula is C10H15N3O4. The molecule has 1 heterocycles. The Hall–Kier alpha value is -2.05. The number of esters is 2. The molecule has 0 saturated carbocycles. The number of hydrogen-bond acceptors (Lipinski definition) is 6. The molecule has 94 valence electrons. The van der Waals surface area contributed by atoms with Crippen LogP contribution >= 0.6 is 0 Å². The predicted molar refractivity (Wildman–Crippen MR) is 59.3 cm³/mol. The molecule has 0 aliphatic rings. The van der Waals surface area contributed by atoms with Crippen LogP contribution in [0.15, 0.2) is 6.33 Å². The van der Waals surface area contributed by atoms with Crippen molar-refractivity contribution in [1.82, 2.24) is 9.55 Å². The highest BCUT2D eigenvalue weighted by molar-refractivity contribution is 5.92. The summed E-state index contributed by atoms with van der Waals surface area (Å²) in [5.41, 5.74) is 5.70. The number of carbonyl (C=O) groups excluding carboxylic acids is 2. The van der Waals surface area contributed by atoms with Crippen molar-refractivity contribution < 1.29 is 19.1 Å². The van der Waals surface area contributed by atoms with Gasteiger partial charge in [-0.05, 0) is 13.8 Å². The number of nitrogens with two attached hydrogens (primary N) is 1. The zero-order valence-corrected chi connectivity index (χ0v) is 9.97. The average molecular weight is 241 g/mol. The highest BCUT2D eigenvalue weighted by Crippen LogP contribution is 2.18. The molecule has 0 aliphatic carbocycles. The van der Waals surface area contributed by atoms with Crippen LogP contribution < -0.4 is 5.73 Å². The zero-order chi connectivity index (χ0) is 13.0. The molecule has 7 heteroatoms. The summed E-state index contributed by atoms with van der Waals surface area (Å²) in [4.78, 5) is 26.6. The minimum absolute atomic E-state index is 0.0105. The molecule has 0 aliphatic heterocycles. The first-order valence-corrected chi connectivity index (χ1v) is 5.10. The second-order valence-corrected chi connectivity index (χ2v) is 3.31. The normalized spacial score (nSPS) is 11.9. The molecule has 7 nitrogen and oxygen atoms in total. The third-order valence-corrected chi connectivity index (χ3v) is 2.26. The van der Waals surface area contributed by atoms with Gasteiger partial charge in [-0.25, -0.2) is 14.6 Å². The van der Waals surface area contributed by atoms with Crippen molar-refractivity contribution in [3.8, 4) is 0 Å². The number of nitrogen functional groups attached to an aromatic ring is 1. The van der Waals surface area contributed by atoms with Gasteiger partial charge >= 0.3 is 11.9 Å². The first kappa shape index (κ1) is 13.0. The van der Waals surface area contributed by atoms with E-state index in [1.54, 1.807) is 13.8 Å². The van der Waals surface area contributed by atoms with Gasteiger partial charge in [-0.1, -0.05) is 0 Å². The lowest BCUT2D eigenvalue weighted by molar-refractivity contribution is -0.146. The van der Waals surface area contributed by atoms with E-state index in [2.05, 4.69) is 9.72 Å². The summed E-state index contributed by atoms with van der Waals surface area (Å²) in [6.45, 7) is 3.60. The predicted octanol–water partition coefficient (Wildman–Crippen LogP) is 0.376. The van der Waals surface area contributed by atoms with Crippen molar-refractivity contribution in [3.63, 3.8) is 0 Å². The quantitative estimate of drug-likeness (QED) is 0.765. The van der Waals surface area contributed by atoms with Crippen LogP contribution in [0.5, 0.6) is 0 Å². The van der Waals surface area contributed by atoms with Crippen LogP contribution in [0, 0.1) is 0 Å². The monoisotopic (exact) mass is 241 g/mol. The molecule has 1 atom stereocenters. The molecule has 1 aromatic heterocycles. The van der Waals surface area contributed by atoms with Crippen LogP contribution in [-0.4, -0.2) is 35.2 Å². The molecular weight excluding hydrogens is 226 g/mol. The van der Waals surface area contributed by atoms with Crippen LogP contribution in [0.4, 0.5) is 5.82 Å². The summed E-state index contributed by atoms with van der Waals surface area (Å²) in [7, 11) is 1.23. The number of hydrogen-bond donors (Lipinski definition) is 1. The molecule has 17 heavy (non-hydrogen) atoms. The number of aromatic nitrogens is 2. The number of methoxy groups -OCH3 is 1. The fraction of sp³-hybridized carbons (Fsp3) is 0.500. The van der Waals surface area contributed by atoms with Gasteiger partial charge in [0.1, 0.15) is 11.9 Å². The van der Waals surface area contributed by atoms with Crippen LogP contribution in [-0.2, 0) is 14.3 Å². The van der Waals surface area contributed by atoms with Crippen LogP contribution in [0.25, 0.3) is 0 Å². The van der Waals surface area contributed by atoms with E-state index in [1.807, 2.05) is 0 Å². The summed E-state index contributed by atoms with van der Waals surface area (Å²) < 4.78 is 10.7. The molecule has 0 aromatic carbocycles. The minimum atomic E-state index is -0.641. The Kier molecular flexibility index (Phi) is 4.08. The molecule has 2 N–H and O–H groups in total. The topological polar surface area (TPSA) is 96.4 Å². The second kappa shape index (κ2) is 5.33. The van der Waals surface area contributed by atoms with Gasteiger partial charge in [0, 0.05) is 0 Å². The van der Waals surface area contributed by atoms with E-state index in [1.165, 1.54) is 18.0 Å². The van der Waals surface area contributed by atoms with Crippen molar-refractivity contribution >= 4 is 17.8 Å². The van der Waals surface area contributed by atoms with Crippen molar-refractivity contribution in [2.75, 3.05) is 19.5 Å². The van der Waals surface area contributed by atoms with Crippen LogP contribution in [0.1, 0.15) is 30.4 Å². The van der Waals surface area contributed by atoms with E-state index in [4.69, 9.17) is 10.5 Å². The maximum absolute atomic E-state index is 11.5. The molecule has 0 fully saturated rings. The lowest BCUT2D eigenvalue weighted by Crippen LogP contribution is -2.20. The van der Waals surface area contributed by atoms with E-state index in [-0.39, 0.29) is 18.1 Å². The second-order valence-electron chi connectivity index (χ2n) is 3.31. The molecule has 1 rings (SSSR count). The van der Waals surface area contributed by atoms with E-state index in [0.29, 0.717) is 0 Å². The molecule has 0 saturated heterocycles. The zero-order valence-electron chi connectivity index (χ0n) is 9.97. The van der Waals surface area contributed by atoms with Crippen LogP contribution in [0.2, 0.25) is 0 Å². The minimum Gasteiger partial charge on any atom is -0.464 e. The Morgan fingerprint density at radius 1 is 1.59 bits per heavy atom. The van der Waals surface area contributed by atoms with Gasteiger partial charge in [-0.15, -0.1) is 0 Å². The summed E-state index contributed by atoms with van der Waals surface area (Å²) in [5.74, 6) is -0.997. The molecule has 0 spiro atoms. The molecule has 0 bridgehead atoms. The lowest BCUT2D eigenvalue weighted by Gasteiger charge is -2.13. The average Bonchev–Trinajstić information content (AvgIpc) is 2.69. The first-order valence-electron chi connectivity index (χ1n) is 5.10. The molecule has 0 radical (unpaired) electrons. The fourth-order valence-corrected chi connectivity index (χ4v) is 1.31. The lowest BCUT2D eigenvalue weighted by atomic mass is 10.3. The Morgan fingerprint density at radius 3 is 2.76 bits per heavy atom. The molecule has 1 unspecified atom stereocenters. The highest BCUT2D eigenvalue weighted by atomic mass is 16.5. The maximum atomic E-state index is 11.5.